The minimum Gasteiger partial charge on any atom is -0.460 e. The van der Waals surface area contributed by atoms with Crippen LogP contribution >= 0.6 is 0 Å². The molecule has 0 saturated carbocycles. The molecule has 0 aromatic carbocycles. The number of aliphatic hydroxyl groups excluding tert-OH is 2. The Hall–Kier alpha value is -1.93. The molecule has 0 aliphatic carbocycles. The van der Waals surface area contributed by atoms with E-state index in [0.717, 1.165) is 0 Å². The lowest BCUT2D eigenvalue weighted by Crippen LogP contribution is -2.21. The fraction of sp³-hybridized carbons (Fsp3) is 0.375. The lowest BCUT2D eigenvalue weighted by atomic mass is 10.4. The van der Waals surface area contributed by atoms with Gasteiger partial charge in [0.25, 0.3) is 0 Å². The van der Waals surface area contributed by atoms with Crippen molar-refractivity contribution in [1.82, 2.24) is 0 Å². The quantitative estimate of drug-likeness (QED) is 0.302. The van der Waals surface area contributed by atoms with Gasteiger partial charge < -0.3 is 24.8 Å². The predicted octanol–water partition coefficient (Wildman–Crippen LogP) is -1.34. The van der Waals surface area contributed by atoms with Gasteiger partial charge in [-0.3, -0.25) is 0 Å². The zero-order valence-corrected chi connectivity index (χ0v) is 8.03. The predicted molar refractivity (Wildman–Crippen MR) is 47.3 cm³/mol. The molecular weight excluding hydrogens is 224 g/mol. The molecule has 0 aliphatic rings. The first kappa shape index (κ1) is 14.1. The summed E-state index contributed by atoms with van der Waals surface area (Å²) in [5.41, 5.74) is 0. The summed E-state index contributed by atoms with van der Waals surface area (Å²) in [7, 11) is 0. The van der Waals surface area contributed by atoms with E-state index in [1.165, 1.54) is 0 Å². The second kappa shape index (κ2) is 7.37. The monoisotopic (exact) mass is 234 g/mol. The average molecular weight is 234 g/mol. The van der Waals surface area contributed by atoms with E-state index >= 15 is 0 Å². The first-order chi connectivity index (χ1) is 7.45. The van der Waals surface area contributed by atoms with Crippen molar-refractivity contribution in [2.45, 2.75) is 6.10 Å². The van der Waals surface area contributed by atoms with Crippen molar-refractivity contribution in [3.8, 4) is 0 Å². The Labute approximate surface area is 89.7 Å². The molecule has 8 nitrogen and oxygen atoms in total. The van der Waals surface area contributed by atoms with Crippen molar-refractivity contribution in [3.05, 3.63) is 12.2 Å². The first-order valence-electron chi connectivity index (χ1n) is 4.04. The van der Waals surface area contributed by atoms with Gasteiger partial charge in [-0.25, -0.2) is 14.4 Å². The molecule has 16 heavy (non-hydrogen) atoms. The molecule has 0 rings (SSSR count). The third kappa shape index (κ3) is 7.47. The molecular formula is C8H10O8. The van der Waals surface area contributed by atoms with Crippen molar-refractivity contribution >= 4 is 18.1 Å². The third-order valence-corrected chi connectivity index (χ3v) is 1.17. The van der Waals surface area contributed by atoms with Gasteiger partial charge in [0.15, 0.2) is 0 Å². The highest BCUT2D eigenvalue weighted by Crippen LogP contribution is 1.89. The van der Waals surface area contributed by atoms with Crippen LogP contribution in [0.4, 0.5) is 4.79 Å². The highest BCUT2D eigenvalue weighted by Gasteiger charge is 2.07. The second-order valence-electron chi connectivity index (χ2n) is 2.49. The standard InChI is InChI=1S/C8H10O8/c9-3-5(10)4-15-6(11)1-2-7(12)16-8(13)14/h1-2,5,9-10H,3-4H2,(H,13,14). The van der Waals surface area contributed by atoms with Crippen molar-refractivity contribution < 1.29 is 39.2 Å². The Morgan fingerprint density at radius 2 is 1.75 bits per heavy atom. The van der Waals surface area contributed by atoms with Gasteiger partial charge >= 0.3 is 18.1 Å². The maximum atomic E-state index is 10.8. The summed E-state index contributed by atoms with van der Waals surface area (Å²) in [6.07, 6.45) is -1.81. The van der Waals surface area contributed by atoms with Crippen molar-refractivity contribution in [2.24, 2.45) is 0 Å². The minimum absolute atomic E-state index is 0.437. The number of carbonyl (C=O) groups is 3. The van der Waals surface area contributed by atoms with Gasteiger partial charge in [0.2, 0.25) is 0 Å². The van der Waals surface area contributed by atoms with Crippen LogP contribution in [0, 0.1) is 0 Å². The van der Waals surface area contributed by atoms with E-state index < -0.39 is 37.4 Å². The smallest absolute Gasteiger partial charge is 0.460 e. The lowest BCUT2D eigenvalue weighted by Gasteiger charge is -2.05. The van der Waals surface area contributed by atoms with Gasteiger partial charge in [0.05, 0.1) is 6.61 Å². The van der Waals surface area contributed by atoms with E-state index in [0.29, 0.717) is 12.2 Å². The van der Waals surface area contributed by atoms with Crippen LogP contribution in [0.25, 0.3) is 0 Å². The Balaban J connectivity index is 3.90. The molecule has 0 radical (unpaired) electrons. The van der Waals surface area contributed by atoms with Crippen LogP contribution in [0.3, 0.4) is 0 Å². The van der Waals surface area contributed by atoms with E-state index in [2.05, 4.69) is 9.47 Å². The number of hydrogen-bond acceptors (Lipinski definition) is 7. The lowest BCUT2D eigenvalue weighted by molar-refractivity contribution is -0.142. The van der Waals surface area contributed by atoms with Crippen LogP contribution in [-0.4, -0.2) is 52.7 Å². The number of esters is 2. The number of hydrogen-bond donors (Lipinski definition) is 3. The molecule has 8 heteroatoms. The molecule has 0 fully saturated rings. The summed E-state index contributed by atoms with van der Waals surface area (Å²) in [5.74, 6) is -2.22. The van der Waals surface area contributed by atoms with Gasteiger partial charge in [-0.05, 0) is 0 Å². The number of carboxylic acid groups (broad SMARTS) is 1. The maximum Gasteiger partial charge on any atom is 0.513 e. The van der Waals surface area contributed by atoms with Crippen molar-refractivity contribution in [2.75, 3.05) is 13.2 Å². The molecule has 1 unspecified atom stereocenters. The zero-order chi connectivity index (χ0) is 12.6. The van der Waals surface area contributed by atoms with E-state index in [9.17, 15) is 14.4 Å². The summed E-state index contributed by atoms with van der Waals surface area (Å²) in [6, 6.07) is 0. The molecule has 1 atom stereocenters. The van der Waals surface area contributed by atoms with Crippen LogP contribution < -0.4 is 0 Å². The summed E-state index contributed by atoms with van der Waals surface area (Å²) in [4.78, 5) is 31.2. The Kier molecular flexibility index (Phi) is 6.48. The van der Waals surface area contributed by atoms with Crippen molar-refractivity contribution in [1.29, 1.82) is 0 Å². The van der Waals surface area contributed by atoms with Crippen LogP contribution in [0.5, 0.6) is 0 Å². The first-order valence-corrected chi connectivity index (χ1v) is 4.04. The topological polar surface area (TPSA) is 130 Å². The number of rotatable bonds is 5. The van der Waals surface area contributed by atoms with Crippen LogP contribution in [0.2, 0.25) is 0 Å². The number of aliphatic hydroxyl groups is 2. The summed E-state index contributed by atoms with van der Waals surface area (Å²) in [6.45, 7) is -1.01. The third-order valence-electron chi connectivity index (χ3n) is 1.17. The molecule has 0 amide bonds. The van der Waals surface area contributed by atoms with E-state index in [-0.39, 0.29) is 0 Å². The van der Waals surface area contributed by atoms with Gasteiger partial charge in [-0.2, -0.15) is 0 Å². The number of carbonyl (C=O) groups excluding carboxylic acids is 2. The fourth-order valence-corrected chi connectivity index (χ4v) is 0.535. The largest absolute Gasteiger partial charge is 0.513 e. The average Bonchev–Trinajstić information content (AvgIpc) is 2.22. The Morgan fingerprint density at radius 1 is 1.19 bits per heavy atom. The summed E-state index contributed by atoms with van der Waals surface area (Å²) >= 11 is 0. The highest BCUT2D eigenvalue weighted by atomic mass is 16.7. The highest BCUT2D eigenvalue weighted by molar-refractivity contribution is 5.94. The molecule has 0 saturated heterocycles. The van der Waals surface area contributed by atoms with E-state index in [1.54, 1.807) is 0 Å². The second-order valence-corrected chi connectivity index (χ2v) is 2.49. The molecule has 90 valence electrons. The molecule has 3 N–H and O–H groups in total. The van der Waals surface area contributed by atoms with E-state index in [4.69, 9.17) is 15.3 Å². The molecule has 0 bridgehead atoms. The molecule has 0 heterocycles. The molecule has 0 aliphatic heterocycles. The van der Waals surface area contributed by atoms with Crippen LogP contribution in [0.15, 0.2) is 12.2 Å². The zero-order valence-electron chi connectivity index (χ0n) is 8.03. The summed E-state index contributed by atoms with van der Waals surface area (Å²) in [5, 5.41) is 25.2. The molecule has 0 aromatic heterocycles. The Bertz CT molecular complexity index is 294. The van der Waals surface area contributed by atoms with Gasteiger partial charge in [-0.1, -0.05) is 0 Å². The molecule has 0 spiro atoms. The fourth-order valence-electron chi connectivity index (χ4n) is 0.535. The van der Waals surface area contributed by atoms with Crippen molar-refractivity contribution in [3.63, 3.8) is 0 Å². The van der Waals surface area contributed by atoms with Gasteiger partial charge in [0.1, 0.15) is 12.7 Å². The van der Waals surface area contributed by atoms with Crippen LogP contribution in [-0.2, 0) is 19.1 Å². The van der Waals surface area contributed by atoms with Crippen LogP contribution in [0.1, 0.15) is 0 Å². The van der Waals surface area contributed by atoms with Gasteiger partial charge in [0, 0.05) is 12.2 Å². The summed E-state index contributed by atoms with van der Waals surface area (Å²) < 4.78 is 8.00. The molecule has 0 aromatic rings. The minimum atomic E-state index is -1.79. The number of ether oxygens (including phenoxy) is 2. The maximum absolute atomic E-state index is 10.8. The van der Waals surface area contributed by atoms with E-state index in [1.807, 2.05) is 0 Å². The van der Waals surface area contributed by atoms with Gasteiger partial charge in [-0.15, -0.1) is 0 Å². The normalized spacial score (nSPS) is 12.1. The Morgan fingerprint density at radius 3 is 2.25 bits per heavy atom. The SMILES string of the molecule is O=C(O)OC(=O)C=CC(=O)OCC(O)CO.